The Morgan fingerprint density at radius 3 is 2.37 bits per heavy atom. The Labute approximate surface area is 176 Å². The lowest BCUT2D eigenvalue weighted by atomic mass is 9.78. The summed E-state index contributed by atoms with van der Waals surface area (Å²) in [5.41, 5.74) is 0.642. The molecule has 1 amide bonds. The number of ether oxygens (including phenoxy) is 1. The van der Waals surface area contributed by atoms with E-state index in [9.17, 15) is 4.79 Å². The van der Waals surface area contributed by atoms with Crippen LogP contribution in [-0.2, 0) is 9.53 Å². The van der Waals surface area contributed by atoms with Crippen molar-refractivity contribution in [3.05, 3.63) is 35.9 Å². The molecular formula is C20H35Cl2N3O2. The molecule has 1 aromatic carbocycles. The number of piperidine rings is 1. The van der Waals surface area contributed by atoms with E-state index in [0.29, 0.717) is 13.2 Å². The van der Waals surface area contributed by atoms with Crippen molar-refractivity contribution in [1.82, 2.24) is 16.0 Å². The highest BCUT2D eigenvalue weighted by molar-refractivity contribution is 5.85. The van der Waals surface area contributed by atoms with Crippen molar-refractivity contribution in [3.63, 3.8) is 0 Å². The van der Waals surface area contributed by atoms with Gasteiger partial charge in [0.15, 0.2) is 0 Å². The molecule has 1 atom stereocenters. The predicted molar refractivity (Wildman–Crippen MR) is 116 cm³/mol. The van der Waals surface area contributed by atoms with Crippen molar-refractivity contribution in [3.8, 4) is 0 Å². The molecule has 0 bridgehead atoms. The highest BCUT2D eigenvalue weighted by Crippen LogP contribution is 2.29. The Hall–Kier alpha value is -0.850. The lowest BCUT2D eigenvalue weighted by molar-refractivity contribution is -0.136. The van der Waals surface area contributed by atoms with Crippen molar-refractivity contribution < 1.29 is 9.53 Å². The van der Waals surface area contributed by atoms with E-state index >= 15 is 0 Å². The second-order valence-electron chi connectivity index (χ2n) is 7.81. The summed E-state index contributed by atoms with van der Waals surface area (Å²) in [5, 5.41) is 10.1. The Morgan fingerprint density at radius 1 is 1.22 bits per heavy atom. The van der Waals surface area contributed by atoms with Gasteiger partial charge >= 0.3 is 0 Å². The second-order valence-corrected chi connectivity index (χ2v) is 7.81. The fourth-order valence-corrected chi connectivity index (χ4v) is 3.57. The minimum atomic E-state index is -0.402. The van der Waals surface area contributed by atoms with E-state index in [4.69, 9.17) is 4.74 Å². The van der Waals surface area contributed by atoms with Crippen LogP contribution < -0.4 is 16.0 Å². The summed E-state index contributed by atoms with van der Waals surface area (Å²) in [7, 11) is 1.67. The SMILES string of the molecule is COCC1(C(=O)NCC(C)(C)NC(C)c2ccccc2)CCNCC1.Cl.Cl. The molecule has 3 N–H and O–H groups in total. The van der Waals surface area contributed by atoms with Crippen LogP contribution in [0.3, 0.4) is 0 Å². The zero-order valence-electron chi connectivity index (χ0n) is 16.8. The van der Waals surface area contributed by atoms with Gasteiger partial charge in [0.05, 0.1) is 12.0 Å². The highest BCUT2D eigenvalue weighted by atomic mass is 35.5. The van der Waals surface area contributed by atoms with Crippen molar-refractivity contribution in [2.75, 3.05) is 33.4 Å². The van der Waals surface area contributed by atoms with Gasteiger partial charge in [-0.1, -0.05) is 30.3 Å². The summed E-state index contributed by atoms with van der Waals surface area (Å²) in [6, 6.07) is 10.6. The molecule has 0 aliphatic carbocycles. The predicted octanol–water partition coefficient (Wildman–Crippen LogP) is 3.09. The van der Waals surface area contributed by atoms with Crippen molar-refractivity contribution in [2.45, 2.75) is 45.2 Å². The molecular weight excluding hydrogens is 385 g/mol. The fraction of sp³-hybridized carbons (Fsp3) is 0.650. The van der Waals surface area contributed by atoms with E-state index < -0.39 is 5.41 Å². The lowest BCUT2D eigenvalue weighted by Gasteiger charge is -2.37. The molecule has 1 unspecified atom stereocenters. The summed E-state index contributed by atoms with van der Waals surface area (Å²) in [6.45, 7) is 9.19. The number of methoxy groups -OCH3 is 1. The smallest absolute Gasteiger partial charge is 0.228 e. The van der Waals surface area contributed by atoms with E-state index in [2.05, 4.69) is 48.9 Å². The van der Waals surface area contributed by atoms with E-state index in [-0.39, 0.29) is 42.3 Å². The first kappa shape index (κ1) is 26.1. The van der Waals surface area contributed by atoms with E-state index in [1.807, 2.05) is 18.2 Å². The first-order valence-corrected chi connectivity index (χ1v) is 9.19. The number of carbonyl (C=O) groups is 1. The largest absolute Gasteiger partial charge is 0.384 e. The summed E-state index contributed by atoms with van der Waals surface area (Å²) < 4.78 is 5.36. The molecule has 0 spiro atoms. The Bertz CT molecular complexity index is 544. The van der Waals surface area contributed by atoms with Crippen LogP contribution in [0.1, 0.15) is 45.2 Å². The van der Waals surface area contributed by atoms with Crippen LogP contribution in [0, 0.1) is 5.41 Å². The van der Waals surface area contributed by atoms with Crippen LogP contribution in [0.2, 0.25) is 0 Å². The number of hydrogen-bond acceptors (Lipinski definition) is 4. The number of rotatable bonds is 8. The molecule has 1 aliphatic rings. The third-order valence-electron chi connectivity index (χ3n) is 5.06. The van der Waals surface area contributed by atoms with Gasteiger partial charge in [0.25, 0.3) is 0 Å². The number of amides is 1. The zero-order valence-corrected chi connectivity index (χ0v) is 18.5. The molecule has 1 aliphatic heterocycles. The molecule has 5 nitrogen and oxygen atoms in total. The second kappa shape index (κ2) is 11.9. The maximum Gasteiger partial charge on any atom is 0.228 e. The molecule has 1 saturated heterocycles. The van der Waals surface area contributed by atoms with Gasteiger partial charge in [-0.2, -0.15) is 0 Å². The number of hydrogen-bond donors (Lipinski definition) is 3. The minimum absolute atomic E-state index is 0. The maximum absolute atomic E-state index is 12.9. The van der Waals surface area contributed by atoms with E-state index in [1.165, 1.54) is 5.56 Å². The number of benzene rings is 1. The molecule has 0 aromatic heterocycles. The third-order valence-corrected chi connectivity index (χ3v) is 5.06. The number of carbonyl (C=O) groups excluding carboxylic acids is 1. The molecule has 2 rings (SSSR count). The van der Waals surface area contributed by atoms with Gasteiger partial charge in [0.1, 0.15) is 0 Å². The van der Waals surface area contributed by atoms with E-state index in [0.717, 1.165) is 25.9 Å². The van der Waals surface area contributed by atoms with Crippen molar-refractivity contribution in [2.24, 2.45) is 5.41 Å². The van der Waals surface area contributed by atoms with Gasteiger partial charge in [-0.3, -0.25) is 4.79 Å². The monoisotopic (exact) mass is 419 g/mol. The zero-order chi connectivity index (χ0) is 18.3. The van der Waals surface area contributed by atoms with Crippen LogP contribution in [0.5, 0.6) is 0 Å². The lowest BCUT2D eigenvalue weighted by Crippen LogP contribution is -2.55. The van der Waals surface area contributed by atoms with Crippen LogP contribution >= 0.6 is 24.8 Å². The number of halogens is 2. The number of nitrogens with one attached hydrogen (secondary N) is 3. The third kappa shape index (κ3) is 7.59. The van der Waals surface area contributed by atoms with Crippen LogP contribution in [-0.4, -0.2) is 44.8 Å². The fourth-order valence-electron chi connectivity index (χ4n) is 3.57. The Kier molecular flexibility index (Phi) is 11.5. The van der Waals surface area contributed by atoms with Gasteiger partial charge in [0.2, 0.25) is 5.91 Å². The van der Waals surface area contributed by atoms with Crippen LogP contribution in [0.25, 0.3) is 0 Å². The van der Waals surface area contributed by atoms with Gasteiger partial charge in [-0.15, -0.1) is 24.8 Å². The standard InChI is InChI=1S/C20H33N3O2.2ClH/c1-16(17-8-6-5-7-9-17)23-19(2,3)14-22-18(24)20(15-25-4)10-12-21-13-11-20;;/h5-9,16,21,23H,10-15H2,1-4H3,(H,22,24);2*1H. The van der Waals surface area contributed by atoms with Crippen molar-refractivity contribution >= 4 is 30.7 Å². The summed E-state index contributed by atoms with van der Waals surface area (Å²) in [5.74, 6) is 0.109. The van der Waals surface area contributed by atoms with Crippen molar-refractivity contribution in [1.29, 1.82) is 0 Å². The normalized spacial score (nSPS) is 17.2. The molecule has 1 aromatic rings. The minimum Gasteiger partial charge on any atom is -0.384 e. The topological polar surface area (TPSA) is 62.4 Å². The summed E-state index contributed by atoms with van der Waals surface area (Å²) >= 11 is 0. The van der Waals surface area contributed by atoms with Gasteiger partial charge in [0, 0.05) is 25.2 Å². The molecule has 0 saturated carbocycles. The van der Waals surface area contributed by atoms with Crippen LogP contribution in [0.15, 0.2) is 30.3 Å². The Balaban J connectivity index is 0.00000338. The Morgan fingerprint density at radius 2 is 1.81 bits per heavy atom. The highest BCUT2D eigenvalue weighted by Gasteiger charge is 2.40. The molecule has 156 valence electrons. The first-order valence-electron chi connectivity index (χ1n) is 9.19. The molecule has 7 heteroatoms. The average Bonchev–Trinajstić information content (AvgIpc) is 2.61. The van der Waals surface area contributed by atoms with Crippen LogP contribution in [0.4, 0.5) is 0 Å². The summed E-state index contributed by atoms with van der Waals surface area (Å²) in [6.07, 6.45) is 1.64. The van der Waals surface area contributed by atoms with Gasteiger partial charge in [-0.05, 0) is 52.3 Å². The quantitative estimate of drug-likeness (QED) is 0.605. The van der Waals surface area contributed by atoms with Gasteiger partial charge < -0.3 is 20.7 Å². The molecule has 1 heterocycles. The molecule has 0 radical (unpaired) electrons. The van der Waals surface area contributed by atoms with E-state index in [1.54, 1.807) is 7.11 Å². The maximum atomic E-state index is 12.9. The summed E-state index contributed by atoms with van der Waals surface area (Å²) in [4.78, 5) is 12.9. The van der Waals surface area contributed by atoms with Gasteiger partial charge in [-0.25, -0.2) is 0 Å². The molecule has 27 heavy (non-hydrogen) atoms. The average molecular weight is 420 g/mol. The first-order chi connectivity index (χ1) is 11.9. The molecule has 1 fully saturated rings.